The molecule has 0 atom stereocenters. The summed E-state index contributed by atoms with van der Waals surface area (Å²) in [5, 5.41) is 1.08. The highest BCUT2D eigenvalue weighted by atomic mass is 14.7. The first-order valence-corrected chi connectivity index (χ1v) is 4.31. The average molecular weight is 172 g/mol. The molecule has 2 heteroatoms. The van der Waals surface area contributed by atoms with Crippen LogP contribution in [-0.2, 0) is 0 Å². The third kappa shape index (κ3) is 1.24. The molecule has 0 saturated heterocycles. The van der Waals surface area contributed by atoms with Gasteiger partial charge in [0, 0.05) is 16.8 Å². The molecular weight excluding hydrogens is 160 g/mol. The zero-order valence-corrected chi connectivity index (χ0v) is 7.83. The second-order valence-electron chi connectivity index (χ2n) is 3.32. The minimum Gasteiger partial charge on any atom is -0.398 e. The van der Waals surface area contributed by atoms with Gasteiger partial charge in [0.1, 0.15) is 0 Å². The molecule has 0 amide bonds. The average Bonchev–Trinajstić information content (AvgIpc) is 2.02. The Kier molecular flexibility index (Phi) is 1.69. The largest absolute Gasteiger partial charge is 0.398 e. The molecule has 1 aromatic heterocycles. The Balaban J connectivity index is 2.94. The van der Waals surface area contributed by atoms with Gasteiger partial charge in [-0.1, -0.05) is 12.1 Å². The van der Waals surface area contributed by atoms with Gasteiger partial charge in [-0.2, -0.15) is 0 Å². The number of pyridine rings is 1. The molecule has 66 valence electrons. The van der Waals surface area contributed by atoms with Crippen molar-refractivity contribution in [2.75, 3.05) is 5.73 Å². The van der Waals surface area contributed by atoms with Gasteiger partial charge >= 0.3 is 0 Å². The van der Waals surface area contributed by atoms with Crippen LogP contribution >= 0.6 is 0 Å². The van der Waals surface area contributed by atoms with Gasteiger partial charge in [-0.15, -0.1) is 0 Å². The molecule has 0 aliphatic rings. The van der Waals surface area contributed by atoms with Crippen molar-refractivity contribution in [1.29, 1.82) is 0 Å². The number of aryl methyl sites for hydroxylation is 2. The number of fused-ring (bicyclic) bond motifs is 1. The summed E-state index contributed by atoms with van der Waals surface area (Å²) in [5.74, 6) is 0. The van der Waals surface area contributed by atoms with Crippen molar-refractivity contribution in [3.05, 3.63) is 35.5 Å². The van der Waals surface area contributed by atoms with Gasteiger partial charge in [0.05, 0.1) is 5.52 Å². The number of hydrogen-bond acceptors (Lipinski definition) is 2. The second-order valence-corrected chi connectivity index (χ2v) is 3.32. The molecule has 0 unspecified atom stereocenters. The Morgan fingerprint density at radius 1 is 1.23 bits per heavy atom. The summed E-state index contributed by atoms with van der Waals surface area (Å²) in [6, 6.07) is 7.96. The van der Waals surface area contributed by atoms with E-state index in [0.717, 1.165) is 22.3 Å². The Morgan fingerprint density at radius 3 is 2.77 bits per heavy atom. The van der Waals surface area contributed by atoms with Crippen molar-refractivity contribution < 1.29 is 0 Å². The first kappa shape index (κ1) is 8.05. The first-order valence-electron chi connectivity index (χ1n) is 4.31. The van der Waals surface area contributed by atoms with Crippen molar-refractivity contribution in [1.82, 2.24) is 4.98 Å². The number of benzene rings is 1. The van der Waals surface area contributed by atoms with Crippen LogP contribution in [0.1, 0.15) is 11.3 Å². The second kappa shape index (κ2) is 2.73. The lowest BCUT2D eigenvalue weighted by molar-refractivity contribution is 1.25. The maximum atomic E-state index is 5.92. The van der Waals surface area contributed by atoms with Crippen LogP contribution in [-0.4, -0.2) is 4.98 Å². The fourth-order valence-corrected chi connectivity index (χ4v) is 1.64. The van der Waals surface area contributed by atoms with Crippen molar-refractivity contribution in [2.24, 2.45) is 0 Å². The smallest absolute Gasteiger partial charge is 0.0728 e. The number of anilines is 1. The molecule has 0 fully saturated rings. The van der Waals surface area contributed by atoms with E-state index in [1.807, 2.05) is 25.1 Å². The zero-order chi connectivity index (χ0) is 9.42. The SMILES string of the molecule is Cc1cc(N)c2c(C)cccc2n1. The summed E-state index contributed by atoms with van der Waals surface area (Å²) >= 11 is 0. The number of nitrogens with two attached hydrogens (primary N) is 1. The van der Waals surface area contributed by atoms with E-state index in [0.29, 0.717) is 0 Å². The van der Waals surface area contributed by atoms with E-state index in [-0.39, 0.29) is 0 Å². The van der Waals surface area contributed by atoms with E-state index in [2.05, 4.69) is 18.0 Å². The lowest BCUT2D eigenvalue weighted by Crippen LogP contribution is -1.93. The van der Waals surface area contributed by atoms with Crippen LogP contribution in [0, 0.1) is 13.8 Å². The van der Waals surface area contributed by atoms with Crippen LogP contribution in [0.5, 0.6) is 0 Å². The van der Waals surface area contributed by atoms with Gasteiger partial charge in [-0.05, 0) is 31.5 Å². The molecule has 2 nitrogen and oxygen atoms in total. The van der Waals surface area contributed by atoms with Gasteiger partial charge in [-0.3, -0.25) is 4.98 Å². The van der Waals surface area contributed by atoms with Gasteiger partial charge < -0.3 is 5.73 Å². The number of aromatic nitrogens is 1. The molecular formula is C11H12N2. The van der Waals surface area contributed by atoms with E-state index >= 15 is 0 Å². The minimum atomic E-state index is 0.820. The van der Waals surface area contributed by atoms with Crippen LogP contribution in [0.4, 0.5) is 5.69 Å². The molecule has 0 radical (unpaired) electrons. The van der Waals surface area contributed by atoms with Crippen molar-refractivity contribution in [3.8, 4) is 0 Å². The fourth-order valence-electron chi connectivity index (χ4n) is 1.64. The first-order chi connectivity index (χ1) is 6.18. The van der Waals surface area contributed by atoms with Crippen molar-refractivity contribution >= 4 is 16.6 Å². The summed E-state index contributed by atoms with van der Waals surface area (Å²) in [5.41, 5.74) is 9.87. The van der Waals surface area contributed by atoms with Crippen molar-refractivity contribution in [3.63, 3.8) is 0 Å². The van der Waals surface area contributed by atoms with Crippen LogP contribution < -0.4 is 5.73 Å². The van der Waals surface area contributed by atoms with Gasteiger partial charge in [0.15, 0.2) is 0 Å². The number of hydrogen-bond donors (Lipinski definition) is 1. The zero-order valence-electron chi connectivity index (χ0n) is 7.83. The maximum absolute atomic E-state index is 5.92. The summed E-state index contributed by atoms with van der Waals surface area (Å²) in [6.45, 7) is 4.01. The molecule has 1 aromatic carbocycles. The summed E-state index contributed by atoms with van der Waals surface area (Å²) in [4.78, 5) is 4.42. The normalized spacial score (nSPS) is 10.6. The number of rotatable bonds is 0. The summed E-state index contributed by atoms with van der Waals surface area (Å²) < 4.78 is 0. The lowest BCUT2D eigenvalue weighted by Gasteiger charge is -2.05. The summed E-state index contributed by atoms with van der Waals surface area (Å²) in [7, 11) is 0. The quantitative estimate of drug-likeness (QED) is 0.662. The van der Waals surface area contributed by atoms with E-state index in [9.17, 15) is 0 Å². The molecule has 13 heavy (non-hydrogen) atoms. The minimum absolute atomic E-state index is 0.820. The molecule has 0 aliphatic carbocycles. The maximum Gasteiger partial charge on any atom is 0.0728 e. The topological polar surface area (TPSA) is 38.9 Å². The molecule has 2 N–H and O–H groups in total. The van der Waals surface area contributed by atoms with Gasteiger partial charge in [-0.25, -0.2) is 0 Å². The Morgan fingerprint density at radius 2 is 2.00 bits per heavy atom. The predicted octanol–water partition coefficient (Wildman–Crippen LogP) is 2.43. The molecule has 0 spiro atoms. The van der Waals surface area contributed by atoms with Gasteiger partial charge in [0.2, 0.25) is 0 Å². The van der Waals surface area contributed by atoms with E-state index in [1.165, 1.54) is 5.56 Å². The molecule has 2 aromatic rings. The van der Waals surface area contributed by atoms with Crippen LogP contribution in [0.25, 0.3) is 10.9 Å². The van der Waals surface area contributed by atoms with Crippen LogP contribution in [0.3, 0.4) is 0 Å². The Hall–Kier alpha value is -1.57. The predicted molar refractivity (Wildman–Crippen MR) is 55.6 cm³/mol. The van der Waals surface area contributed by atoms with Crippen LogP contribution in [0.15, 0.2) is 24.3 Å². The molecule has 2 rings (SSSR count). The van der Waals surface area contributed by atoms with E-state index in [1.54, 1.807) is 0 Å². The third-order valence-corrected chi connectivity index (χ3v) is 2.20. The van der Waals surface area contributed by atoms with E-state index < -0.39 is 0 Å². The van der Waals surface area contributed by atoms with Gasteiger partial charge in [0.25, 0.3) is 0 Å². The Bertz CT molecular complexity index is 461. The highest BCUT2D eigenvalue weighted by Crippen LogP contribution is 2.23. The highest BCUT2D eigenvalue weighted by molar-refractivity contribution is 5.92. The highest BCUT2D eigenvalue weighted by Gasteiger charge is 2.02. The third-order valence-electron chi connectivity index (χ3n) is 2.20. The van der Waals surface area contributed by atoms with Crippen LogP contribution in [0.2, 0.25) is 0 Å². The molecule has 1 heterocycles. The Labute approximate surface area is 77.4 Å². The molecule has 0 saturated carbocycles. The monoisotopic (exact) mass is 172 g/mol. The van der Waals surface area contributed by atoms with E-state index in [4.69, 9.17) is 5.73 Å². The number of nitrogens with zero attached hydrogens (tertiary/aromatic N) is 1. The van der Waals surface area contributed by atoms with Crippen molar-refractivity contribution in [2.45, 2.75) is 13.8 Å². The summed E-state index contributed by atoms with van der Waals surface area (Å²) in [6.07, 6.45) is 0. The fraction of sp³-hybridized carbons (Fsp3) is 0.182. The molecule has 0 aliphatic heterocycles. The molecule has 0 bridgehead atoms. The lowest BCUT2D eigenvalue weighted by atomic mass is 10.1. The standard InChI is InChI=1S/C11H12N2/c1-7-4-3-5-10-11(7)9(12)6-8(2)13-10/h3-6H,1-2H3,(H2,12,13). The number of nitrogen functional groups attached to an aromatic ring is 1.